The molecule has 0 amide bonds. The Bertz CT molecular complexity index is 697. The molecule has 1 atom stereocenters. The lowest BCUT2D eigenvalue weighted by Crippen LogP contribution is -2.37. The third-order valence-corrected chi connectivity index (χ3v) is 5.79. The van der Waals surface area contributed by atoms with E-state index in [1.54, 1.807) is 0 Å². The molecule has 0 radical (unpaired) electrons. The Morgan fingerprint density at radius 3 is 2.35 bits per heavy atom. The van der Waals surface area contributed by atoms with Crippen LogP contribution in [0.4, 0.5) is 0 Å². The molecule has 0 aromatic rings. The van der Waals surface area contributed by atoms with E-state index < -0.39 is 0 Å². The predicted molar refractivity (Wildman–Crippen MR) is 96.7 cm³/mol. The van der Waals surface area contributed by atoms with Crippen molar-refractivity contribution in [3.8, 4) is 0 Å². The van der Waals surface area contributed by atoms with Gasteiger partial charge < -0.3 is 0 Å². The van der Waals surface area contributed by atoms with Crippen LogP contribution in [0.15, 0.2) is 39.4 Å². The van der Waals surface area contributed by atoms with Crippen molar-refractivity contribution >= 4 is 11.5 Å². The largest absolute Gasteiger partial charge is 0.294 e. The van der Waals surface area contributed by atoms with Gasteiger partial charge in [-0.2, -0.15) is 0 Å². The summed E-state index contributed by atoms with van der Waals surface area (Å²) in [4.78, 5) is 17.8. The van der Waals surface area contributed by atoms with E-state index in [4.69, 9.17) is 4.99 Å². The smallest absolute Gasteiger partial charge is 0.160 e. The SMILES string of the molecule is CC1=CC(C)(C)N=C2C[C@]3(C(C)C)CC(=O)C(C(C)C)=C3C=C12. The molecule has 0 unspecified atom stereocenters. The minimum atomic E-state index is -0.139. The van der Waals surface area contributed by atoms with Gasteiger partial charge in [0.2, 0.25) is 0 Å². The quantitative estimate of drug-likeness (QED) is 0.700. The number of allylic oxidation sites excluding steroid dienone is 5. The zero-order valence-corrected chi connectivity index (χ0v) is 15.6. The normalized spacial score (nSPS) is 29.4. The van der Waals surface area contributed by atoms with Crippen LogP contribution in [0.2, 0.25) is 0 Å². The van der Waals surface area contributed by atoms with Crippen molar-refractivity contribution in [1.29, 1.82) is 0 Å². The summed E-state index contributed by atoms with van der Waals surface area (Å²) >= 11 is 0. The van der Waals surface area contributed by atoms with Crippen molar-refractivity contribution in [2.24, 2.45) is 22.2 Å². The van der Waals surface area contributed by atoms with Crippen molar-refractivity contribution in [3.63, 3.8) is 0 Å². The minimum absolute atomic E-state index is 0.0489. The van der Waals surface area contributed by atoms with Gasteiger partial charge in [-0.05, 0) is 55.4 Å². The number of carbonyl (C=O) groups is 1. The molecule has 0 aromatic heterocycles. The summed E-state index contributed by atoms with van der Waals surface area (Å²) in [5.74, 6) is 1.07. The van der Waals surface area contributed by atoms with Crippen LogP contribution in [-0.2, 0) is 4.79 Å². The standard InChI is InChI=1S/C21H29NO/c1-12(2)19-16-8-15-14(5)9-20(6,7)22-17(15)10-21(16,13(3)4)11-18(19)23/h8-9,12-13H,10-11H2,1-7H3/t21-/m1/s1. The molecule has 2 nitrogen and oxygen atoms in total. The summed E-state index contributed by atoms with van der Waals surface area (Å²) in [5, 5.41) is 0. The fraction of sp³-hybridized carbons (Fsp3) is 0.619. The maximum absolute atomic E-state index is 12.8. The Morgan fingerprint density at radius 1 is 1.13 bits per heavy atom. The van der Waals surface area contributed by atoms with Crippen LogP contribution in [0, 0.1) is 17.3 Å². The van der Waals surface area contributed by atoms with Crippen LogP contribution >= 0.6 is 0 Å². The summed E-state index contributed by atoms with van der Waals surface area (Å²) in [6.45, 7) is 15.3. The van der Waals surface area contributed by atoms with Gasteiger partial charge in [-0.15, -0.1) is 0 Å². The van der Waals surface area contributed by atoms with Gasteiger partial charge in [0.05, 0.1) is 5.54 Å². The van der Waals surface area contributed by atoms with Gasteiger partial charge in [-0.1, -0.05) is 33.8 Å². The molecule has 1 aliphatic heterocycles. The third kappa shape index (κ3) is 2.38. The Labute approximate surface area is 140 Å². The van der Waals surface area contributed by atoms with Gasteiger partial charge in [0.1, 0.15) is 0 Å². The van der Waals surface area contributed by atoms with Crippen LogP contribution in [-0.4, -0.2) is 17.0 Å². The Hall–Kier alpha value is -1.44. The van der Waals surface area contributed by atoms with Crippen molar-refractivity contribution in [2.45, 2.75) is 66.8 Å². The van der Waals surface area contributed by atoms with Crippen molar-refractivity contribution in [1.82, 2.24) is 0 Å². The number of dihydropyridines is 1. The van der Waals surface area contributed by atoms with Gasteiger partial charge >= 0.3 is 0 Å². The molecule has 23 heavy (non-hydrogen) atoms. The van der Waals surface area contributed by atoms with E-state index in [0.717, 1.165) is 12.0 Å². The van der Waals surface area contributed by atoms with Crippen LogP contribution in [0.3, 0.4) is 0 Å². The van der Waals surface area contributed by atoms with Crippen LogP contribution < -0.4 is 0 Å². The first-order valence-electron chi connectivity index (χ1n) is 8.86. The first kappa shape index (κ1) is 16.4. The summed E-state index contributed by atoms with van der Waals surface area (Å²) in [7, 11) is 0. The van der Waals surface area contributed by atoms with Gasteiger partial charge in [0.15, 0.2) is 5.78 Å². The number of hydrogen-bond donors (Lipinski definition) is 0. The Balaban J connectivity index is 2.26. The molecule has 0 aromatic carbocycles. The van der Waals surface area contributed by atoms with E-state index in [2.05, 4.69) is 60.6 Å². The molecular formula is C21H29NO. The summed E-state index contributed by atoms with van der Waals surface area (Å²) in [6, 6.07) is 0. The third-order valence-electron chi connectivity index (χ3n) is 5.79. The van der Waals surface area contributed by atoms with Crippen molar-refractivity contribution in [2.75, 3.05) is 0 Å². The monoisotopic (exact) mass is 311 g/mol. The maximum atomic E-state index is 12.8. The maximum Gasteiger partial charge on any atom is 0.160 e. The zero-order valence-electron chi connectivity index (χ0n) is 15.6. The first-order valence-corrected chi connectivity index (χ1v) is 8.86. The van der Waals surface area contributed by atoms with Crippen molar-refractivity contribution < 1.29 is 4.79 Å². The minimum Gasteiger partial charge on any atom is -0.294 e. The molecule has 0 saturated carbocycles. The second kappa shape index (κ2) is 5.03. The molecule has 0 bridgehead atoms. The van der Waals surface area contributed by atoms with Crippen LogP contribution in [0.1, 0.15) is 61.3 Å². The van der Waals surface area contributed by atoms with E-state index >= 15 is 0 Å². The van der Waals surface area contributed by atoms with E-state index in [9.17, 15) is 4.79 Å². The number of rotatable bonds is 2. The number of carbonyl (C=O) groups excluding carboxylic acids is 1. The molecule has 3 aliphatic rings. The number of hydrogen-bond acceptors (Lipinski definition) is 2. The average molecular weight is 311 g/mol. The molecule has 2 aliphatic carbocycles. The lowest BCUT2D eigenvalue weighted by atomic mass is 9.63. The van der Waals surface area contributed by atoms with E-state index in [-0.39, 0.29) is 16.9 Å². The zero-order chi connectivity index (χ0) is 17.2. The highest BCUT2D eigenvalue weighted by atomic mass is 16.1. The topological polar surface area (TPSA) is 29.4 Å². The first-order chi connectivity index (χ1) is 10.6. The van der Waals surface area contributed by atoms with E-state index in [1.165, 1.54) is 22.4 Å². The molecule has 0 saturated heterocycles. The molecule has 2 heteroatoms. The van der Waals surface area contributed by atoms with Gasteiger partial charge in [-0.3, -0.25) is 9.79 Å². The Kier molecular flexibility index (Phi) is 3.59. The molecule has 0 fully saturated rings. The second-order valence-electron chi connectivity index (χ2n) is 8.67. The molecule has 124 valence electrons. The fourth-order valence-corrected chi connectivity index (χ4v) is 4.68. The lowest BCUT2D eigenvalue weighted by Gasteiger charge is -2.42. The van der Waals surface area contributed by atoms with Crippen LogP contribution in [0.5, 0.6) is 0 Å². The highest BCUT2D eigenvalue weighted by Gasteiger charge is 2.50. The molecule has 3 rings (SSSR count). The molecular weight excluding hydrogens is 282 g/mol. The average Bonchev–Trinajstić information content (AvgIpc) is 2.67. The van der Waals surface area contributed by atoms with E-state index in [1.807, 2.05) is 0 Å². The summed E-state index contributed by atoms with van der Waals surface area (Å²) in [6.07, 6.45) is 6.10. The highest BCUT2D eigenvalue weighted by Crippen LogP contribution is 2.55. The highest BCUT2D eigenvalue weighted by molar-refractivity contribution is 6.11. The van der Waals surface area contributed by atoms with Gasteiger partial charge in [-0.25, -0.2) is 0 Å². The summed E-state index contributed by atoms with van der Waals surface area (Å²) in [5.41, 5.74) is 5.92. The van der Waals surface area contributed by atoms with E-state index in [0.29, 0.717) is 18.1 Å². The number of ketones is 1. The predicted octanol–water partition coefficient (Wildman–Crippen LogP) is 5.06. The van der Waals surface area contributed by atoms with Crippen molar-refractivity contribution in [3.05, 3.63) is 34.4 Å². The molecule has 0 spiro atoms. The number of fused-ring (bicyclic) bond motifs is 2. The number of aliphatic imine (C=N–C) groups is 1. The van der Waals surface area contributed by atoms with Gasteiger partial charge in [0.25, 0.3) is 0 Å². The van der Waals surface area contributed by atoms with Gasteiger partial charge in [0, 0.05) is 29.5 Å². The molecule has 0 N–H and O–H groups in total. The lowest BCUT2D eigenvalue weighted by molar-refractivity contribution is -0.116. The number of nitrogens with zero attached hydrogens (tertiary/aromatic N) is 1. The Morgan fingerprint density at radius 2 is 1.78 bits per heavy atom. The summed E-state index contributed by atoms with van der Waals surface area (Å²) < 4.78 is 0. The second-order valence-corrected chi connectivity index (χ2v) is 8.67. The fourth-order valence-electron chi connectivity index (χ4n) is 4.68. The number of Topliss-reactive ketones (excluding diaryl/α,β-unsaturated/α-hetero) is 1. The van der Waals surface area contributed by atoms with Crippen LogP contribution in [0.25, 0.3) is 0 Å². The molecule has 1 heterocycles.